The number of hydrogen-bond acceptors (Lipinski definition) is 1. The van der Waals surface area contributed by atoms with E-state index in [-0.39, 0.29) is 0 Å². The van der Waals surface area contributed by atoms with Crippen LogP contribution in [0.15, 0.2) is 60.8 Å². The van der Waals surface area contributed by atoms with Crippen molar-refractivity contribution in [2.24, 2.45) is 0 Å². The summed E-state index contributed by atoms with van der Waals surface area (Å²) in [6, 6.07) is 14.4. The summed E-state index contributed by atoms with van der Waals surface area (Å²) in [7, 11) is 5.67. The molecule has 0 amide bonds. The van der Waals surface area contributed by atoms with Crippen molar-refractivity contribution < 1.29 is 13.2 Å². The smallest absolute Gasteiger partial charge is 0.256 e. The molecule has 3 aromatic rings. The molecule has 2 aromatic carbocycles. The van der Waals surface area contributed by atoms with Crippen molar-refractivity contribution >= 4 is 13.3 Å². The Morgan fingerprint density at radius 2 is 1.62 bits per heavy atom. The molecule has 0 saturated carbocycles. The van der Waals surface area contributed by atoms with Gasteiger partial charge < -0.3 is 0 Å². The zero-order chi connectivity index (χ0) is 17.3. The number of aryl methyl sites for hydroxylation is 1. The summed E-state index contributed by atoms with van der Waals surface area (Å²) in [5, 5.41) is 0. The Morgan fingerprint density at radius 3 is 2.25 bits per heavy atom. The number of hydrogen-bond donors (Lipinski definition) is 0. The van der Waals surface area contributed by atoms with Gasteiger partial charge in [-0.3, -0.25) is 4.98 Å². The quantitative estimate of drug-likeness (QED) is 0.631. The van der Waals surface area contributed by atoms with Gasteiger partial charge in [0.15, 0.2) is 0 Å². The molecule has 1 heterocycles. The third-order valence-corrected chi connectivity index (χ3v) is 3.82. The van der Waals surface area contributed by atoms with Crippen LogP contribution in [0.1, 0.15) is 11.1 Å². The van der Waals surface area contributed by atoms with Gasteiger partial charge in [0.2, 0.25) is 0 Å². The van der Waals surface area contributed by atoms with Crippen LogP contribution in [0.5, 0.6) is 0 Å². The van der Waals surface area contributed by atoms with Crippen LogP contribution >= 0.6 is 0 Å². The zero-order valence-electron chi connectivity index (χ0n) is 12.9. The molecule has 2 radical (unpaired) electrons. The average Bonchev–Trinajstić information content (AvgIpc) is 2.55. The van der Waals surface area contributed by atoms with Gasteiger partial charge in [0.25, 0.3) is 0 Å². The molecular formula is C19H13BF3N. The molecule has 0 aliphatic rings. The first-order valence-electron chi connectivity index (χ1n) is 7.35. The third-order valence-electron chi connectivity index (χ3n) is 3.82. The van der Waals surface area contributed by atoms with Crippen LogP contribution in [-0.2, 0) is 6.18 Å². The Balaban J connectivity index is 2.00. The van der Waals surface area contributed by atoms with Gasteiger partial charge in [-0.05, 0) is 36.2 Å². The van der Waals surface area contributed by atoms with Gasteiger partial charge in [0, 0.05) is 17.3 Å². The van der Waals surface area contributed by atoms with Crippen molar-refractivity contribution in [3.8, 4) is 22.4 Å². The molecule has 0 atom stereocenters. The van der Waals surface area contributed by atoms with Crippen LogP contribution in [0.3, 0.4) is 0 Å². The van der Waals surface area contributed by atoms with Crippen molar-refractivity contribution in [2.45, 2.75) is 13.1 Å². The van der Waals surface area contributed by atoms with Crippen molar-refractivity contribution in [1.82, 2.24) is 4.98 Å². The summed E-state index contributed by atoms with van der Waals surface area (Å²) in [6.45, 7) is 1.86. The largest absolute Gasteiger partial charge is 0.416 e. The number of alkyl halides is 3. The predicted molar refractivity (Wildman–Crippen MR) is 90.2 cm³/mol. The van der Waals surface area contributed by atoms with Crippen LogP contribution in [0.25, 0.3) is 22.4 Å². The fourth-order valence-corrected chi connectivity index (χ4v) is 2.53. The highest BCUT2D eigenvalue weighted by atomic mass is 19.4. The molecule has 0 unspecified atom stereocenters. The standard InChI is InChI=1S/C19H13BF3N/c1-12-9-18(13-5-7-16(20)8-6-13)24-11-17(12)14-3-2-4-15(10-14)19(21,22)23/h2-11H,1H3. The maximum atomic E-state index is 12.9. The van der Waals surface area contributed by atoms with Gasteiger partial charge in [0.1, 0.15) is 7.85 Å². The molecule has 5 heteroatoms. The third kappa shape index (κ3) is 3.35. The number of halogens is 3. The Morgan fingerprint density at radius 1 is 0.917 bits per heavy atom. The van der Waals surface area contributed by atoms with E-state index in [0.717, 1.165) is 29.0 Å². The van der Waals surface area contributed by atoms with Gasteiger partial charge in [-0.1, -0.05) is 41.9 Å². The lowest BCUT2D eigenvalue weighted by atomic mass is 9.94. The monoisotopic (exact) mass is 323 g/mol. The lowest BCUT2D eigenvalue weighted by Gasteiger charge is -2.11. The highest BCUT2D eigenvalue weighted by molar-refractivity contribution is 6.32. The Labute approximate surface area is 139 Å². The highest BCUT2D eigenvalue weighted by Crippen LogP contribution is 2.33. The summed E-state index contributed by atoms with van der Waals surface area (Å²) in [5.74, 6) is 0. The Hall–Kier alpha value is -2.56. The Bertz CT molecular complexity index is 871. The molecule has 3 rings (SSSR count). The number of rotatable bonds is 2. The van der Waals surface area contributed by atoms with E-state index in [1.54, 1.807) is 24.4 Å². The molecule has 0 aliphatic heterocycles. The van der Waals surface area contributed by atoms with Crippen LogP contribution in [-0.4, -0.2) is 12.8 Å². The minimum atomic E-state index is -4.36. The number of pyridine rings is 1. The maximum Gasteiger partial charge on any atom is 0.416 e. The van der Waals surface area contributed by atoms with Gasteiger partial charge in [-0.15, -0.1) is 0 Å². The van der Waals surface area contributed by atoms with Gasteiger partial charge >= 0.3 is 6.18 Å². The second-order valence-corrected chi connectivity index (χ2v) is 5.59. The second kappa shape index (κ2) is 6.15. The Kier molecular flexibility index (Phi) is 4.18. The fraction of sp³-hybridized carbons (Fsp3) is 0.105. The molecule has 24 heavy (non-hydrogen) atoms. The summed E-state index contributed by atoms with van der Waals surface area (Å²) < 4.78 is 38.6. The van der Waals surface area contributed by atoms with E-state index in [4.69, 9.17) is 7.85 Å². The molecule has 1 nitrogen and oxygen atoms in total. The van der Waals surface area contributed by atoms with Gasteiger partial charge in [-0.2, -0.15) is 13.2 Å². The molecule has 0 saturated heterocycles. The van der Waals surface area contributed by atoms with Crippen LogP contribution in [0, 0.1) is 6.92 Å². The highest BCUT2D eigenvalue weighted by Gasteiger charge is 2.30. The fourth-order valence-electron chi connectivity index (χ4n) is 2.53. The summed E-state index contributed by atoms with van der Waals surface area (Å²) >= 11 is 0. The topological polar surface area (TPSA) is 12.9 Å². The first kappa shape index (κ1) is 16.3. The molecule has 0 fully saturated rings. The van der Waals surface area contributed by atoms with Gasteiger partial charge in [-0.25, -0.2) is 0 Å². The van der Waals surface area contributed by atoms with Crippen molar-refractivity contribution in [1.29, 1.82) is 0 Å². The van der Waals surface area contributed by atoms with Crippen molar-refractivity contribution in [3.63, 3.8) is 0 Å². The zero-order valence-corrected chi connectivity index (χ0v) is 12.9. The number of benzene rings is 2. The molecule has 0 aliphatic carbocycles. The van der Waals surface area contributed by atoms with E-state index < -0.39 is 11.7 Å². The van der Waals surface area contributed by atoms with E-state index in [2.05, 4.69) is 4.98 Å². The summed E-state index contributed by atoms with van der Waals surface area (Å²) in [4.78, 5) is 4.39. The van der Waals surface area contributed by atoms with Crippen molar-refractivity contribution in [2.75, 3.05) is 0 Å². The van der Waals surface area contributed by atoms with E-state index >= 15 is 0 Å². The lowest BCUT2D eigenvalue weighted by molar-refractivity contribution is -0.137. The number of nitrogens with zero attached hydrogens (tertiary/aromatic N) is 1. The first-order chi connectivity index (χ1) is 11.3. The SMILES string of the molecule is [B]c1ccc(-c2cc(C)c(-c3cccc(C(F)(F)F)c3)cn2)cc1. The van der Waals surface area contributed by atoms with Crippen LogP contribution in [0.2, 0.25) is 0 Å². The summed E-state index contributed by atoms with van der Waals surface area (Å²) in [5.41, 5.74) is 3.69. The van der Waals surface area contributed by atoms with Gasteiger partial charge in [0.05, 0.1) is 11.3 Å². The predicted octanol–water partition coefficient (Wildman–Crippen LogP) is 4.54. The normalized spacial score (nSPS) is 11.5. The van der Waals surface area contributed by atoms with E-state index in [1.807, 2.05) is 25.1 Å². The second-order valence-electron chi connectivity index (χ2n) is 5.59. The van der Waals surface area contributed by atoms with E-state index in [0.29, 0.717) is 16.6 Å². The molecule has 118 valence electrons. The molecule has 0 bridgehead atoms. The molecule has 1 aromatic heterocycles. The average molecular weight is 323 g/mol. The van der Waals surface area contributed by atoms with E-state index in [9.17, 15) is 13.2 Å². The molecule has 0 spiro atoms. The first-order valence-corrected chi connectivity index (χ1v) is 7.35. The lowest BCUT2D eigenvalue weighted by Crippen LogP contribution is -2.04. The molecule has 0 N–H and O–H groups in total. The summed E-state index contributed by atoms with van der Waals surface area (Å²) in [6.07, 6.45) is -2.75. The van der Waals surface area contributed by atoms with E-state index in [1.165, 1.54) is 6.07 Å². The minimum Gasteiger partial charge on any atom is -0.256 e. The molecular weight excluding hydrogens is 310 g/mol. The van der Waals surface area contributed by atoms with Crippen LogP contribution < -0.4 is 5.46 Å². The van der Waals surface area contributed by atoms with Crippen LogP contribution in [0.4, 0.5) is 13.2 Å². The maximum absolute atomic E-state index is 12.9. The van der Waals surface area contributed by atoms with Crippen molar-refractivity contribution in [3.05, 3.63) is 71.9 Å². The minimum absolute atomic E-state index is 0.499. The number of aromatic nitrogens is 1.